The number of benzene rings is 1. The summed E-state index contributed by atoms with van der Waals surface area (Å²) in [6.45, 7) is 6.28. The molecule has 0 spiro atoms. The zero-order chi connectivity index (χ0) is 20.9. The van der Waals surface area contributed by atoms with E-state index in [9.17, 15) is 13.2 Å². The van der Waals surface area contributed by atoms with Gasteiger partial charge in [-0.3, -0.25) is 4.72 Å². The van der Waals surface area contributed by atoms with Gasteiger partial charge in [-0.15, -0.1) is 6.58 Å². The minimum atomic E-state index is -3.37. The largest absolute Gasteiger partial charge is 0.368 e. The first-order valence-corrected chi connectivity index (χ1v) is 11.0. The standard InChI is InChI=1S/C21H23N3O4S/c1-3-5-14-29(26,27)23-17-10-8-16(9-11-17)20-19(21(25)28-22-20)15-18-7-6-13-24(18)12-4-2/h4,6-11,13,15,23H,2-3,5,12,14H2,1H3. The first kappa shape index (κ1) is 20.6. The van der Waals surface area contributed by atoms with Crippen molar-refractivity contribution in [1.29, 1.82) is 0 Å². The summed E-state index contributed by atoms with van der Waals surface area (Å²) in [5.41, 5.74) is 2.68. The van der Waals surface area contributed by atoms with Gasteiger partial charge in [-0.2, -0.15) is 0 Å². The minimum absolute atomic E-state index is 0.0809. The Morgan fingerprint density at radius 2 is 2.00 bits per heavy atom. The van der Waals surface area contributed by atoms with Crippen molar-refractivity contribution in [3.8, 4) is 0 Å². The second kappa shape index (κ2) is 8.91. The smallest absolute Gasteiger partial charge is 0.344 e. The van der Waals surface area contributed by atoms with Crippen LogP contribution in [0.1, 0.15) is 31.0 Å². The van der Waals surface area contributed by atoms with Crippen LogP contribution in [-0.2, 0) is 26.2 Å². The van der Waals surface area contributed by atoms with Gasteiger partial charge < -0.3 is 9.40 Å². The second-order valence-corrected chi connectivity index (χ2v) is 8.44. The molecule has 29 heavy (non-hydrogen) atoms. The summed E-state index contributed by atoms with van der Waals surface area (Å²) >= 11 is 0. The Labute approximate surface area is 170 Å². The Hall–Kier alpha value is -3.13. The van der Waals surface area contributed by atoms with Gasteiger partial charge in [0.1, 0.15) is 5.71 Å². The fraction of sp³-hybridized carbons (Fsp3) is 0.238. The molecule has 0 unspecified atom stereocenters. The van der Waals surface area contributed by atoms with Gasteiger partial charge >= 0.3 is 5.97 Å². The maximum Gasteiger partial charge on any atom is 0.368 e. The van der Waals surface area contributed by atoms with Crippen LogP contribution in [0.15, 0.2) is 66.0 Å². The van der Waals surface area contributed by atoms with Crippen molar-refractivity contribution in [3.05, 3.63) is 72.1 Å². The molecule has 0 saturated carbocycles. The van der Waals surface area contributed by atoms with Crippen LogP contribution >= 0.6 is 0 Å². The fourth-order valence-electron chi connectivity index (χ4n) is 2.89. The van der Waals surface area contributed by atoms with Crippen LogP contribution in [0.25, 0.3) is 6.08 Å². The highest BCUT2D eigenvalue weighted by atomic mass is 32.2. The maximum atomic E-state index is 12.2. The van der Waals surface area contributed by atoms with Crippen molar-refractivity contribution in [2.45, 2.75) is 26.3 Å². The van der Waals surface area contributed by atoms with E-state index in [1.807, 2.05) is 29.8 Å². The average Bonchev–Trinajstić information content (AvgIpc) is 3.28. The Morgan fingerprint density at radius 1 is 1.24 bits per heavy atom. The molecule has 2 heterocycles. The topological polar surface area (TPSA) is 89.8 Å². The molecule has 1 aromatic carbocycles. The van der Waals surface area contributed by atoms with Crippen molar-refractivity contribution in [3.63, 3.8) is 0 Å². The van der Waals surface area contributed by atoms with Crippen molar-refractivity contribution in [2.75, 3.05) is 10.5 Å². The van der Waals surface area contributed by atoms with Crippen molar-refractivity contribution in [1.82, 2.24) is 4.57 Å². The summed E-state index contributed by atoms with van der Waals surface area (Å²) in [4.78, 5) is 17.1. The molecule has 8 heteroatoms. The van der Waals surface area contributed by atoms with E-state index in [-0.39, 0.29) is 5.75 Å². The molecule has 0 radical (unpaired) electrons. The summed E-state index contributed by atoms with van der Waals surface area (Å²) in [7, 11) is -3.37. The second-order valence-electron chi connectivity index (χ2n) is 6.60. The molecule has 7 nitrogen and oxygen atoms in total. The lowest BCUT2D eigenvalue weighted by Gasteiger charge is -2.08. The number of anilines is 1. The number of unbranched alkanes of at least 4 members (excludes halogenated alkanes) is 1. The molecule has 0 saturated heterocycles. The number of allylic oxidation sites excluding steroid dienone is 1. The molecular formula is C21H23N3O4S. The van der Waals surface area contributed by atoms with Crippen molar-refractivity contribution in [2.24, 2.45) is 5.16 Å². The fourth-order valence-corrected chi connectivity index (χ4v) is 4.16. The molecular weight excluding hydrogens is 390 g/mol. The van der Waals surface area contributed by atoms with E-state index in [1.54, 1.807) is 36.4 Å². The van der Waals surface area contributed by atoms with E-state index < -0.39 is 16.0 Å². The number of nitrogens with zero attached hydrogens (tertiary/aromatic N) is 2. The highest BCUT2D eigenvalue weighted by molar-refractivity contribution is 7.92. The van der Waals surface area contributed by atoms with Gasteiger partial charge in [-0.1, -0.05) is 36.7 Å². The van der Waals surface area contributed by atoms with E-state index in [4.69, 9.17) is 4.84 Å². The van der Waals surface area contributed by atoms with E-state index in [1.165, 1.54) is 0 Å². The van der Waals surface area contributed by atoms with Gasteiger partial charge in [0.2, 0.25) is 10.0 Å². The van der Waals surface area contributed by atoms with Crippen LogP contribution in [-0.4, -0.2) is 30.4 Å². The van der Waals surface area contributed by atoms with E-state index in [2.05, 4.69) is 16.5 Å². The quantitative estimate of drug-likeness (QED) is 0.387. The number of rotatable bonds is 9. The summed E-state index contributed by atoms with van der Waals surface area (Å²) in [5.74, 6) is -0.451. The molecule has 0 atom stereocenters. The Balaban J connectivity index is 1.82. The molecule has 1 N–H and O–H groups in total. The molecule has 1 aliphatic heterocycles. The third kappa shape index (κ3) is 5.03. The molecule has 0 bridgehead atoms. The Kier molecular flexibility index (Phi) is 6.33. The Morgan fingerprint density at radius 3 is 2.69 bits per heavy atom. The molecule has 152 valence electrons. The normalized spacial score (nSPS) is 15.3. The number of aromatic nitrogens is 1. The molecule has 1 aromatic heterocycles. The lowest BCUT2D eigenvalue weighted by atomic mass is 10.0. The monoisotopic (exact) mass is 413 g/mol. The van der Waals surface area contributed by atoms with Crippen LogP contribution in [0.4, 0.5) is 5.69 Å². The molecule has 0 amide bonds. The predicted molar refractivity (Wildman–Crippen MR) is 114 cm³/mol. The highest BCUT2D eigenvalue weighted by Crippen LogP contribution is 2.22. The number of carbonyl (C=O) groups excluding carboxylic acids is 1. The number of hydrogen-bond donors (Lipinski definition) is 1. The van der Waals surface area contributed by atoms with Gasteiger partial charge in [-0.25, -0.2) is 13.2 Å². The van der Waals surface area contributed by atoms with E-state index in [0.717, 1.165) is 12.1 Å². The molecule has 0 aliphatic carbocycles. The third-order valence-corrected chi connectivity index (χ3v) is 5.75. The molecule has 1 aliphatic rings. The van der Waals surface area contributed by atoms with Gasteiger partial charge in [0.25, 0.3) is 0 Å². The first-order chi connectivity index (χ1) is 13.9. The zero-order valence-electron chi connectivity index (χ0n) is 16.2. The van der Waals surface area contributed by atoms with Crippen LogP contribution in [0.3, 0.4) is 0 Å². The van der Waals surface area contributed by atoms with Gasteiger partial charge in [-0.05, 0) is 36.8 Å². The number of carbonyl (C=O) groups is 1. The molecule has 3 rings (SSSR count). The van der Waals surface area contributed by atoms with Crippen LogP contribution in [0.5, 0.6) is 0 Å². The maximum absolute atomic E-state index is 12.2. The third-order valence-electron chi connectivity index (χ3n) is 4.38. The van der Waals surface area contributed by atoms with Crippen LogP contribution in [0, 0.1) is 0 Å². The first-order valence-electron chi connectivity index (χ1n) is 9.32. The van der Waals surface area contributed by atoms with Gasteiger partial charge in [0.05, 0.1) is 11.3 Å². The summed E-state index contributed by atoms with van der Waals surface area (Å²) in [6, 6.07) is 10.5. The molecule has 2 aromatic rings. The zero-order valence-corrected chi connectivity index (χ0v) is 17.0. The minimum Gasteiger partial charge on any atom is -0.344 e. The van der Waals surface area contributed by atoms with E-state index >= 15 is 0 Å². The highest BCUT2D eigenvalue weighted by Gasteiger charge is 2.27. The van der Waals surface area contributed by atoms with Crippen molar-refractivity contribution < 1.29 is 18.0 Å². The number of oxime groups is 1. The SMILES string of the molecule is C=CCn1cccc1C=C1C(=O)ON=C1c1ccc(NS(=O)(=O)CCCC)cc1. The van der Waals surface area contributed by atoms with Crippen LogP contribution in [0.2, 0.25) is 0 Å². The number of nitrogens with one attached hydrogen (secondary N) is 1. The van der Waals surface area contributed by atoms with Gasteiger partial charge in [0, 0.05) is 29.7 Å². The van der Waals surface area contributed by atoms with E-state index in [0.29, 0.717) is 35.5 Å². The summed E-state index contributed by atoms with van der Waals surface area (Å²) < 4.78 is 28.6. The predicted octanol–water partition coefficient (Wildman–Crippen LogP) is 3.56. The van der Waals surface area contributed by atoms with Gasteiger partial charge in [0.15, 0.2) is 0 Å². The van der Waals surface area contributed by atoms with Crippen molar-refractivity contribution >= 4 is 33.5 Å². The lowest BCUT2D eigenvalue weighted by Crippen LogP contribution is -2.16. The number of sulfonamides is 1. The number of hydrogen-bond acceptors (Lipinski definition) is 5. The Bertz CT molecular complexity index is 1060. The van der Waals surface area contributed by atoms with Crippen LogP contribution < -0.4 is 4.72 Å². The average molecular weight is 413 g/mol. The lowest BCUT2D eigenvalue weighted by molar-refractivity contribution is -0.136. The molecule has 0 fully saturated rings. The summed E-state index contributed by atoms with van der Waals surface area (Å²) in [6.07, 6.45) is 6.79. The summed E-state index contributed by atoms with van der Waals surface area (Å²) in [5, 5.41) is 3.90.